The Bertz CT molecular complexity index is 534. The molecule has 110 valence electrons. The van der Waals surface area contributed by atoms with Gasteiger partial charge in [0, 0.05) is 24.4 Å². The number of amides is 1. The van der Waals surface area contributed by atoms with E-state index in [4.69, 9.17) is 0 Å². The first-order chi connectivity index (χ1) is 9.19. The number of hydrogen-bond acceptors (Lipinski definition) is 1. The number of hydrogen-bond donors (Lipinski definition) is 1. The number of benzene rings is 1. The van der Waals surface area contributed by atoms with Crippen molar-refractivity contribution in [2.75, 3.05) is 0 Å². The molecule has 1 fully saturated rings. The molecule has 2 rings (SSSR count). The van der Waals surface area contributed by atoms with Crippen molar-refractivity contribution in [1.29, 1.82) is 0 Å². The highest BCUT2D eigenvalue weighted by Crippen LogP contribution is 2.37. The SMILES string of the molecule is CC(C)c1cc(C(=O)NC2CC(F)(F)C2)cc(F)c1F. The Labute approximate surface area is 114 Å². The molecular formula is C14H15F4NO. The lowest BCUT2D eigenvalue weighted by molar-refractivity contribution is -0.0901. The number of carbonyl (C=O) groups is 1. The van der Waals surface area contributed by atoms with E-state index in [1.165, 1.54) is 6.07 Å². The molecule has 1 saturated carbocycles. The number of rotatable bonds is 3. The molecule has 0 bridgehead atoms. The first-order valence-corrected chi connectivity index (χ1v) is 6.37. The maximum atomic E-state index is 13.5. The van der Waals surface area contributed by atoms with Gasteiger partial charge >= 0.3 is 0 Å². The first kappa shape index (κ1) is 14.8. The fourth-order valence-corrected chi connectivity index (χ4v) is 2.19. The van der Waals surface area contributed by atoms with Gasteiger partial charge in [0.2, 0.25) is 0 Å². The van der Waals surface area contributed by atoms with Crippen LogP contribution in [0.15, 0.2) is 12.1 Å². The van der Waals surface area contributed by atoms with Gasteiger partial charge in [-0.25, -0.2) is 17.6 Å². The van der Waals surface area contributed by atoms with Gasteiger partial charge in [-0.15, -0.1) is 0 Å². The Morgan fingerprint density at radius 1 is 1.30 bits per heavy atom. The van der Waals surface area contributed by atoms with Gasteiger partial charge in [0.05, 0.1) is 0 Å². The van der Waals surface area contributed by atoms with Gasteiger partial charge in [0.25, 0.3) is 11.8 Å². The van der Waals surface area contributed by atoms with E-state index in [0.29, 0.717) is 0 Å². The van der Waals surface area contributed by atoms with Crippen LogP contribution >= 0.6 is 0 Å². The normalized spacial score (nSPS) is 17.9. The van der Waals surface area contributed by atoms with E-state index in [-0.39, 0.29) is 17.0 Å². The predicted molar refractivity (Wildman–Crippen MR) is 65.9 cm³/mol. The molecule has 0 aliphatic heterocycles. The molecule has 0 spiro atoms. The van der Waals surface area contributed by atoms with Crippen molar-refractivity contribution in [3.63, 3.8) is 0 Å². The highest BCUT2D eigenvalue weighted by Gasteiger charge is 2.46. The van der Waals surface area contributed by atoms with E-state index in [0.717, 1.165) is 6.07 Å². The third-order valence-corrected chi connectivity index (χ3v) is 3.37. The minimum absolute atomic E-state index is 0.0529. The van der Waals surface area contributed by atoms with Crippen LogP contribution < -0.4 is 5.32 Å². The lowest BCUT2D eigenvalue weighted by atomic mass is 9.88. The monoisotopic (exact) mass is 289 g/mol. The van der Waals surface area contributed by atoms with Crippen LogP contribution in [0.5, 0.6) is 0 Å². The third-order valence-electron chi connectivity index (χ3n) is 3.37. The minimum Gasteiger partial charge on any atom is -0.349 e. The van der Waals surface area contributed by atoms with Gasteiger partial charge in [-0.3, -0.25) is 4.79 Å². The molecule has 0 unspecified atom stereocenters. The average molecular weight is 289 g/mol. The Balaban J connectivity index is 2.14. The van der Waals surface area contributed by atoms with Gasteiger partial charge in [0.15, 0.2) is 11.6 Å². The number of alkyl halides is 2. The van der Waals surface area contributed by atoms with Crippen LogP contribution in [0.4, 0.5) is 17.6 Å². The number of halogens is 4. The van der Waals surface area contributed by atoms with Crippen LogP contribution in [0.1, 0.15) is 48.5 Å². The molecule has 1 aromatic carbocycles. The summed E-state index contributed by atoms with van der Waals surface area (Å²) >= 11 is 0. The van der Waals surface area contributed by atoms with Crippen LogP contribution in [0.3, 0.4) is 0 Å². The summed E-state index contributed by atoms with van der Waals surface area (Å²) in [4.78, 5) is 11.9. The number of carbonyl (C=O) groups excluding carboxylic acids is 1. The molecule has 0 radical (unpaired) electrons. The molecule has 6 heteroatoms. The number of nitrogens with one attached hydrogen (secondary N) is 1. The molecular weight excluding hydrogens is 274 g/mol. The second kappa shape index (κ2) is 5.07. The zero-order chi connectivity index (χ0) is 15.1. The molecule has 0 heterocycles. The molecule has 0 saturated heterocycles. The van der Waals surface area contributed by atoms with E-state index in [1.54, 1.807) is 13.8 Å². The zero-order valence-electron chi connectivity index (χ0n) is 11.1. The van der Waals surface area contributed by atoms with Crippen LogP contribution in [0.2, 0.25) is 0 Å². The van der Waals surface area contributed by atoms with Crippen molar-refractivity contribution in [3.8, 4) is 0 Å². The van der Waals surface area contributed by atoms with Crippen molar-refractivity contribution in [1.82, 2.24) is 5.32 Å². The van der Waals surface area contributed by atoms with Crippen molar-refractivity contribution < 1.29 is 22.4 Å². The second-order valence-corrected chi connectivity index (χ2v) is 5.45. The van der Waals surface area contributed by atoms with E-state index >= 15 is 0 Å². The van der Waals surface area contributed by atoms with Crippen molar-refractivity contribution in [2.24, 2.45) is 0 Å². The smallest absolute Gasteiger partial charge is 0.252 e. The molecule has 1 aliphatic rings. The van der Waals surface area contributed by atoms with E-state index in [9.17, 15) is 22.4 Å². The Morgan fingerprint density at radius 2 is 1.90 bits per heavy atom. The van der Waals surface area contributed by atoms with Crippen LogP contribution in [0.25, 0.3) is 0 Å². The summed E-state index contributed by atoms with van der Waals surface area (Å²) in [5.74, 6) is -5.78. The third kappa shape index (κ3) is 2.94. The molecule has 1 amide bonds. The summed E-state index contributed by atoms with van der Waals surface area (Å²) in [7, 11) is 0. The summed E-state index contributed by atoms with van der Waals surface area (Å²) in [6, 6.07) is 1.43. The Hall–Kier alpha value is -1.59. The van der Waals surface area contributed by atoms with Crippen molar-refractivity contribution in [2.45, 2.75) is 44.6 Å². The highest BCUT2D eigenvalue weighted by atomic mass is 19.3. The zero-order valence-corrected chi connectivity index (χ0v) is 11.1. The lowest BCUT2D eigenvalue weighted by Gasteiger charge is -2.35. The minimum atomic E-state index is -2.74. The highest BCUT2D eigenvalue weighted by molar-refractivity contribution is 5.94. The van der Waals surface area contributed by atoms with Gasteiger partial charge in [-0.1, -0.05) is 13.8 Å². The maximum absolute atomic E-state index is 13.5. The molecule has 20 heavy (non-hydrogen) atoms. The Kier molecular flexibility index (Phi) is 3.75. The maximum Gasteiger partial charge on any atom is 0.252 e. The molecule has 0 aromatic heterocycles. The molecule has 1 N–H and O–H groups in total. The summed E-state index contributed by atoms with van der Waals surface area (Å²) < 4.78 is 52.3. The van der Waals surface area contributed by atoms with E-state index in [1.807, 2.05) is 0 Å². The van der Waals surface area contributed by atoms with E-state index < -0.39 is 42.3 Å². The molecule has 1 aliphatic carbocycles. The lowest BCUT2D eigenvalue weighted by Crippen LogP contribution is -2.50. The second-order valence-electron chi connectivity index (χ2n) is 5.45. The summed E-state index contributed by atoms with van der Waals surface area (Å²) in [5.41, 5.74) is 0.0388. The van der Waals surface area contributed by atoms with Crippen LogP contribution in [-0.4, -0.2) is 17.9 Å². The van der Waals surface area contributed by atoms with Crippen LogP contribution in [0, 0.1) is 11.6 Å². The van der Waals surface area contributed by atoms with Crippen LogP contribution in [-0.2, 0) is 0 Å². The fraction of sp³-hybridized carbons (Fsp3) is 0.500. The van der Waals surface area contributed by atoms with Crippen molar-refractivity contribution >= 4 is 5.91 Å². The molecule has 1 aromatic rings. The topological polar surface area (TPSA) is 29.1 Å². The summed E-state index contributed by atoms with van der Waals surface area (Å²) in [6.07, 6.45) is -0.834. The van der Waals surface area contributed by atoms with Gasteiger partial charge < -0.3 is 5.32 Å². The van der Waals surface area contributed by atoms with Crippen molar-refractivity contribution in [3.05, 3.63) is 34.9 Å². The predicted octanol–water partition coefficient (Wildman–Crippen LogP) is 3.62. The van der Waals surface area contributed by atoms with E-state index in [2.05, 4.69) is 5.32 Å². The largest absolute Gasteiger partial charge is 0.349 e. The van der Waals surface area contributed by atoms with Gasteiger partial charge in [-0.2, -0.15) is 0 Å². The van der Waals surface area contributed by atoms with Gasteiger partial charge in [0.1, 0.15) is 0 Å². The summed E-state index contributed by atoms with van der Waals surface area (Å²) in [6.45, 7) is 3.35. The quantitative estimate of drug-likeness (QED) is 0.846. The standard InChI is InChI=1S/C14H15F4NO/c1-7(2)10-3-8(4-11(15)12(10)16)13(20)19-9-5-14(17,18)6-9/h3-4,7,9H,5-6H2,1-2H3,(H,19,20). The van der Waals surface area contributed by atoms with Gasteiger partial charge in [-0.05, 0) is 23.6 Å². The Morgan fingerprint density at radius 3 is 2.40 bits per heavy atom. The fourth-order valence-electron chi connectivity index (χ4n) is 2.19. The molecule has 0 atom stereocenters. The summed E-state index contributed by atoms with van der Waals surface area (Å²) in [5, 5.41) is 2.39. The molecule has 2 nitrogen and oxygen atoms in total. The first-order valence-electron chi connectivity index (χ1n) is 6.37. The average Bonchev–Trinajstić information content (AvgIpc) is 2.29.